The third kappa shape index (κ3) is 2.44. The summed E-state index contributed by atoms with van der Waals surface area (Å²) in [5.41, 5.74) is 0. The summed E-state index contributed by atoms with van der Waals surface area (Å²) in [7, 11) is 5.67. The van der Waals surface area contributed by atoms with Crippen LogP contribution in [0.2, 0.25) is 0 Å². The van der Waals surface area contributed by atoms with Crippen LogP contribution in [0.25, 0.3) is 0 Å². The molecule has 0 aromatic heterocycles. The van der Waals surface area contributed by atoms with Crippen LogP contribution in [-0.2, 0) is 9.47 Å². The zero-order valence-electron chi connectivity index (χ0n) is 8.25. The van der Waals surface area contributed by atoms with Gasteiger partial charge in [0.15, 0.2) is 0 Å². The van der Waals surface area contributed by atoms with E-state index in [-0.39, 0.29) is 0 Å². The number of rotatable bonds is 3. The molecular formula is C9H19NO2. The van der Waals surface area contributed by atoms with Gasteiger partial charge in [-0.1, -0.05) is 0 Å². The van der Waals surface area contributed by atoms with E-state index in [0.29, 0.717) is 12.0 Å². The molecule has 0 amide bonds. The second-order valence-corrected chi connectivity index (χ2v) is 3.54. The number of ether oxygens (including phenoxy) is 2. The minimum absolute atomic E-state index is 0.351. The van der Waals surface area contributed by atoms with Gasteiger partial charge in [0.2, 0.25) is 0 Å². The van der Waals surface area contributed by atoms with Gasteiger partial charge in [-0.3, -0.25) is 0 Å². The van der Waals surface area contributed by atoms with Crippen molar-refractivity contribution < 1.29 is 9.47 Å². The van der Waals surface area contributed by atoms with E-state index in [2.05, 4.69) is 11.9 Å². The lowest BCUT2D eigenvalue weighted by molar-refractivity contribution is -0.0307. The zero-order chi connectivity index (χ0) is 8.97. The van der Waals surface area contributed by atoms with E-state index in [4.69, 9.17) is 9.47 Å². The van der Waals surface area contributed by atoms with Gasteiger partial charge in [0.05, 0.1) is 12.7 Å². The van der Waals surface area contributed by atoms with Gasteiger partial charge in [-0.2, -0.15) is 0 Å². The first kappa shape index (κ1) is 9.96. The van der Waals surface area contributed by atoms with Crippen molar-refractivity contribution in [1.82, 2.24) is 4.90 Å². The van der Waals surface area contributed by atoms with Gasteiger partial charge in [0, 0.05) is 26.7 Å². The smallest absolute Gasteiger partial charge is 0.0748 e. The molecule has 0 bridgehead atoms. The van der Waals surface area contributed by atoms with Crippen LogP contribution in [0.5, 0.6) is 0 Å². The fourth-order valence-electron chi connectivity index (χ4n) is 1.79. The predicted octanol–water partition coefficient (Wildman–Crippen LogP) is 0.599. The fraction of sp³-hybridized carbons (Fsp3) is 1.00. The van der Waals surface area contributed by atoms with Crippen molar-refractivity contribution >= 4 is 0 Å². The predicted molar refractivity (Wildman–Crippen MR) is 48.3 cm³/mol. The third-order valence-corrected chi connectivity index (χ3v) is 2.58. The van der Waals surface area contributed by atoms with Gasteiger partial charge in [-0.05, 0) is 20.0 Å². The number of hydrogen-bond acceptors (Lipinski definition) is 3. The molecule has 2 atom stereocenters. The Bertz CT molecular complexity index is 130. The molecule has 0 aliphatic carbocycles. The largest absolute Gasteiger partial charge is 0.384 e. The summed E-state index contributed by atoms with van der Waals surface area (Å²) < 4.78 is 10.6. The molecule has 1 aliphatic rings. The van der Waals surface area contributed by atoms with Gasteiger partial charge in [0.1, 0.15) is 0 Å². The molecule has 0 aromatic rings. The highest BCUT2D eigenvalue weighted by atomic mass is 16.5. The maximum atomic E-state index is 5.41. The maximum absolute atomic E-state index is 5.41. The minimum atomic E-state index is 0.351. The number of likely N-dealkylation sites (tertiary alicyclic amines) is 1. The van der Waals surface area contributed by atoms with Crippen LogP contribution in [0.3, 0.4) is 0 Å². The number of nitrogens with zero attached hydrogens (tertiary/aromatic N) is 1. The van der Waals surface area contributed by atoms with Crippen LogP contribution in [0.4, 0.5) is 0 Å². The molecule has 1 saturated heterocycles. The molecule has 0 saturated carbocycles. The summed E-state index contributed by atoms with van der Waals surface area (Å²) in [5, 5.41) is 0. The average Bonchev–Trinajstić information content (AvgIpc) is 2.08. The summed E-state index contributed by atoms with van der Waals surface area (Å²) in [6.07, 6.45) is 1.53. The van der Waals surface area contributed by atoms with Crippen LogP contribution in [-0.4, -0.2) is 52.0 Å². The fourth-order valence-corrected chi connectivity index (χ4v) is 1.79. The number of likely N-dealkylation sites (N-methyl/N-ethyl adjacent to an activating group) is 1. The third-order valence-electron chi connectivity index (χ3n) is 2.58. The molecule has 1 rings (SSSR count). The lowest BCUT2D eigenvalue weighted by Crippen LogP contribution is -2.44. The average molecular weight is 173 g/mol. The highest BCUT2D eigenvalue weighted by Crippen LogP contribution is 2.18. The zero-order valence-corrected chi connectivity index (χ0v) is 8.25. The van der Waals surface area contributed by atoms with Gasteiger partial charge in [-0.15, -0.1) is 0 Å². The van der Waals surface area contributed by atoms with Crippen molar-refractivity contribution in [2.75, 3.05) is 41.0 Å². The first-order chi connectivity index (χ1) is 5.77. The first-order valence-electron chi connectivity index (χ1n) is 4.48. The Morgan fingerprint density at radius 3 is 2.75 bits per heavy atom. The highest BCUT2D eigenvalue weighted by molar-refractivity contribution is 4.79. The lowest BCUT2D eigenvalue weighted by Gasteiger charge is -2.35. The van der Waals surface area contributed by atoms with Gasteiger partial charge >= 0.3 is 0 Å². The Hall–Kier alpha value is -0.120. The Morgan fingerprint density at radius 1 is 1.42 bits per heavy atom. The molecule has 12 heavy (non-hydrogen) atoms. The quantitative estimate of drug-likeness (QED) is 0.624. The van der Waals surface area contributed by atoms with Gasteiger partial charge < -0.3 is 14.4 Å². The van der Waals surface area contributed by atoms with Gasteiger partial charge in [-0.25, -0.2) is 0 Å². The molecule has 0 radical (unpaired) electrons. The molecule has 1 heterocycles. The highest BCUT2D eigenvalue weighted by Gasteiger charge is 2.27. The summed E-state index contributed by atoms with van der Waals surface area (Å²) in [6.45, 7) is 3.02. The summed E-state index contributed by atoms with van der Waals surface area (Å²) in [5.74, 6) is 0.580. The SMILES string of the molecule is COCC1CCN(C)CC1OC. The lowest BCUT2D eigenvalue weighted by atomic mass is 9.95. The molecule has 0 aromatic carbocycles. The van der Waals surface area contributed by atoms with E-state index >= 15 is 0 Å². The van der Waals surface area contributed by atoms with Crippen molar-refractivity contribution in [3.63, 3.8) is 0 Å². The number of methoxy groups -OCH3 is 2. The van der Waals surface area contributed by atoms with Crippen molar-refractivity contribution in [3.8, 4) is 0 Å². The molecule has 0 spiro atoms. The van der Waals surface area contributed by atoms with E-state index < -0.39 is 0 Å². The van der Waals surface area contributed by atoms with Crippen LogP contribution in [0, 0.1) is 5.92 Å². The molecule has 1 aliphatic heterocycles. The van der Waals surface area contributed by atoms with E-state index in [0.717, 1.165) is 19.7 Å². The molecule has 1 fully saturated rings. The molecule has 0 N–H and O–H groups in total. The summed E-state index contributed by atoms with van der Waals surface area (Å²) in [4.78, 5) is 2.31. The topological polar surface area (TPSA) is 21.7 Å². The Morgan fingerprint density at radius 2 is 2.17 bits per heavy atom. The second kappa shape index (κ2) is 4.80. The first-order valence-corrected chi connectivity index (χ1v) is 4.48. The van der Waals surface area contributed by atoms with Crippen LogP contribution in [0.15, 0.2) is 0 Å². The molecule has 2 unspecified atom stereocenters. The van der Waals surface area contributed by atoms with Crippen LogP contribution < -0.4 is 0 Å². The van der Waals surface area contributed by atoms with Crippen LogP contribution >= 0.6 is 0 Å². The maximum Gasteiger partial charge on any atom is 0.0748 e. The standard InChI is InChI=1S/C9H19NO2/c1-10-5-4-8(7-11-2)9(6-10)12-3/h8-9H,4-7H2,1-3H3. The van der Waals surface area contributed by atoms with E-state index in [1.54, 1.807) is 14.2 Å². The Labute approximate surface area is 74.6 Å². The van der Waals surface area contributed by atoms with E-state index in [1.165, 1.54) is 6.42 Å². The van der Waals surface area contributed by atoms with Crippen molar-refractivity contribution in [1.29, 1.82) is 0 Å². The Balaban J connectivity index is 2.39. The van der Waals surface area contributed by atoms with Crippen molar-refractivity contribution in [3.05, 3.63) is 0 Å². The molecule has 3 heteroatoms. The number of piperidine rings is 1. The van der Waals surface area contributed by atoms with Crippen molar-refractivity contribution in [2.24, 2.45) is 5.92 Å². The van der Waals surface area contributed by atoms with Crippen LogP contribution in [0.1, 0.15) is 6.42 Å². The van der Waals surface area contributed by atoms with Crippen molar-refractivity contribution in [2.45, 2.75) is 12.5 Å². The summed E-state index contributed by atoms with van der Waals surface area (Å²) in [6, 6.07) is 0. The molecule has 3 nitrogen and oxygen atoms in total. The van der Waals surface area contributed by atoms with E-state index in [1.807, 2.05) is 0 Å². The normalized spacial score (nSPS) is 32.2. The molecular weight excluding hydrogens is 154 g/mol. The van der Waals surface area contributed by atoms with Gasteiger partial charge in [0.25, 0.3) is 0 Å². The Kier molecular flexibility index (Phi) is 3.98. The minimum Gasteiger partial charge on any atom is -0.384 e. The second-order valence-electron chi connectivity index (χ2n) is 3.54. The summed E-state index contributed by atoms with van der Waals surface area (Å²) >= 11 is 0. The monoisotopic (exact) mass is 173 g/mol. The number of hydrogen-bond donors (Lipinski definition) is 0. The van der Waals surface area contributed by atoms with E-state index in [9.17, 15) is 0 Å². The molecule has 72 valence electrons.